The fourth-order valence-electron chi connectivity index (χ4n) is 5.40. The van der Waals surface area contributed by atoms with Crippen molar-refractivity contribution in [3.05, 3.63) is 39.9 Å². The molecule has 0 saturated heterocycles. The van der Waals surface area contributed by atoms with Crippen LogP contribution in [-0.4, -0.2) is 51.6 Å². The van der Waals surface area contributed by atoms with Gasteiger partial charge in [0.1, 0.15) is 11.9 Å². The highest BCUT2D eigenvalue weighted by Crippen LogP contribution is 2.47. The summed E-state index contributed by atoms with van der Waals surface area (Å²) in [5, 5.41) is 14.4. The van der Waals surface area contributed by atoms with E-state index in [9.17, 15) is 14.7 Å². The zero-order valence-electron chi connectivity index (χ0n) is 22.5. The van der Waals surface area contributed by atoms with Crippen LogP contribution < -0.4 is 9.64 Å². The highest BCUT2D eigenvalue weighted by molar-refractivity contribution is 9.10. The minimum absolute atomic E-state index is 0.124. The number of carbonyl (C=O) groups excluding carboxylic acids is 1. The van der Waals surface area contributed by atoms with E-state index in [-0.39, 0.29) is 18.6 Å². The molecule has 3 aromatic rings. The SMILES string of the molecule is CC#CC(=O)N(c1ccc2c(n1)c(O[C@@H]1CC[C@](COC)(C(=O)O)C1)nn2C)c1cc(C)c(Br)cc1C1CC1. The number of pyridine rings is 1. The lowest BCUT2D eigenvalue weighted by Crippen LogP contribution is -2.34. The van der Waals surface area contributed by atoms with Crippen LogP contribution in [0.4, 0.5) is 11.5 Å². The van der Waals surface area contributed by atoms with Crippen molar-refractivity contribution < 1.29 is 24.2 Å². The van der Waals surface area contributed by atoms with Gasteiger partial charge in [0.25, 0.3) is 5.88 Å². The second-order valence-electron chi connectivity index (χ2n) is 10.4. The van der Waals surface area contributed by atoms with Crippen molar-refractivity contribution in [2.75, 3.05) is 18.6 Å². The Balaban J connectivity index is 1.56. The Hall–Kier alpha value is -3.42. The summed E-state index contributed by atoms with van der Waals surface area (Å²) < 4.78 is 14.2. The minimum atomic E-state index is -0.983. The summed E-state index contributed by atoms with van der Waals surface area (Å²) in [6, 6.07) is 7.74. The number of aliphatic carboxylic acids is 1. The van der Waals surface area contributed by atoms with Gasteiger partial charge < -0.3 is 14.6 Å². The molecule has 0 unspecified atom stereocenters. The van der Waals surface area contributed by atoms with Gasteiger partial charge in [0.2, 0.25) is 0 Å². The van der Waals surface area contributed by atoms with Crippen molar-refractivity contribution >= 4 is 50.3 Å². The fourth-order valence-corrected chi connectivity index (χ4v) is 5.76. The molecule has 1 amide bonds. The van der Waals surface area contributed by atoms with Crippen LogP contribution in [0.5, 0.6) is 5.88 Å². The molecule has 0 spiro atoms. The van der Waals surface area contributed by atoms with Crippen LogP contribution in [0.2, 0.25) is 0 Å². The van der Waals surface area contributed by atoms with Crippen molar-refractivity contribution in [1.82, 2.24) is 14.8 Å². The van der Waals surface area contributed by atoms with Gasteiger partial charge >= 0.3 is 11.9 Å². The van der Waals surface area contributed by atoms with Crippen LogP contribution in [-0.2, 0) is 21.4 Å². The van der Waals surface area contributed by atoms with Gasteiger partial charge in [-0.25, -0.2) is 4.98 Å². The number of nitrogens with zero attached hydrogens (tertiary/aromatic N) is 4. The molecule has 1 aromatic carbocycles. The highest BCUT2D eigenvalue weighted by atomic mass is 79.9. The van der Waals surface area contributed by atoms with Crippen LogP contribution >= 0.6 is 15.9 Å². The monoisotopic (exact) mass is 594 g/mol. The van der Waals surface area contributed by atoms with Gasteiger partial charge in [-0.15, -0.1) is 5.10 Å². The number of rotatable bonds is 8. The lowest BCUT2D eigenvalue weighted by molar-refractivity contribution is -0.152. The van der Waals surface area contributed by atoms with E-state index in [1.807, 2.05) is 19.1 Å². The van der Waals surface area contributed by atoms with E-state index in [1.165, 1.54) is 7.11 Å². The maximum Gasteiger partial charge on any atom is 0.312 e. The molecule has 2 heterocycles. The van der Waals surface area contributed by atoms with Crippen molar-refractivity contribution in [2.24, 2.45) is 12.5 Å². The van der Waals surface area contributed by atoms with E-state index in [2.05, 4.69) is 38.9 Å². The maximum atomic E-state index is 13.4. The van der Waals surface area contributed by atoms with Gasteiger partial charge in [0.05, 0.1) is 23.2 Å². The van der Waals surface area contributed by atoms with Crippen LogP contribution in [0.15, 0.2) is 28.7 Å². The molecule has 9 nitrogen and oxygen atoms in total. The van der Waals surface area contributed by atoms with Crippen molar-refractivity contribution in [2.45, 2.75) is 58.0 Å². The predicted octanol–water partition coefficient (Wildman–Crippen LogP) is 5.25. The normalized spacial score (nSPS) is 20.5. The number of carbonyl (C=O) groups is 2. The maximum absolute atomic E-state index is 13.4. The number of aromatic nitrogens is 3. The molecule has 2 aliphatic carbocycles. The Morgan fingerprint density at radius 1 is 1.28 bits per heavy atom. The number of methoxy groups -OCH3 is 1. The standard InChI is InChI=1S/C29H31BrN4O5/c1-5-6-25(35)34(23-13-17(2)21(30)14-20(23)18-7-8-18)24-10-9-22-26(31-24)27(32-33(22)3)39-19-11-12-29(15-19,16-38-4)28(36)37/h9-10,13-14,18-19H,7-8,11-12,15-16H2,1-4H3,(H,36,37)/t19-,29+/m1/s1. The topological polar surface area (TPSA) is 107 Å². The van der Waals surface area contributed by atoms with Gasteiger partial charge in [0.15, 0.2) is 5.52 Å². The number of amides is 1. The average molecular weight is 595 g/mol. The van der Waals surface area contributed by atoms with Crippen LogP contribution in [0.25, 0.3) is 11.0 Å². The van der Waals surface area contributed by atoms with Crippen LogP contribution in [0.1, 0.15) is 56.1 Å². The first-order valence-electron chi connectivity index (χ1n) is 13.0. The third-order valence-corrected chi connectivity index (χ3v) is 8.45. The number of carboxylic acids is 1. The lowest BCUT2D eigenvalue weighted by atomic mass is 9.87. The number of fused-ring (bicyclic) bond motifs is 1. The molecule has 10 heteroatoms. The molecule has 2 aliphatic rings. The molecule has 2 saturated carbocycles. The van der Waals surface area contributed by atoms with E-state index >= 15 is 0 Å². The van der Waals surface area contributed by atoms with Crippen LogP contribution in [0, 0.1) is 24.2 Å². The first-order valence-corrected chi connectivity index (χ1v) is 13.8. The van der Waals surface area contributed by atoms with Crippen molar-refractivity contribution in [3.63, 3.8) is 0 Å². The third kappa shape index (κ3) is 5.13. The number of aryl methyl sites for hydroxylation is 2. The van der Waals surface area contributed by atoms with E-state index in [0.717, 1.165) is 39.6 Å². The summed E-state index contributed by atoms with van der Waals surface area (Å²) >= 11 is 3.64. The smallest absolute Gasteiger partial charge is 0.312 e. The summed E-state index contributed by atoms with van der Waals surface area (Å²) in [5.74, 6) is 5.26. The van der Waals surface area contributed by atoms with Gasteiger partial charge in [0, 0.05) is 25.1 Å². The zero-order chi connectivity index (χ0) is 27.9. The number of halogens is 1. The average Bonchev–Trinajstić information content (AvgIpc) is 3.59. The molecule has 39 heavy (non-hydrogen) atoms. The molecule has 204 valence electrons. The number of anilines is 2. The Bertz CT molecular complexity index is 1520. The lowest BCUT2D eigenvalue weighted by Gasteiger charge is -2.24. The van der Waals surface area contributed by atoms with Crippen LogP contribution in [0.3, 0.4) is 0 Å². The van der Waals surface area contributed by atoms with E-state index in [0.29, 0.717) is 42.4 Å². The summed E-state index contributed by atoms with van der Waals surface area (Å²) in [6.07, 6.45) is 3.12. The van der Waals surface area contributed by atoms with E-state index < -0.39 is 11.4 Å². The molecule has 2 fully saturated rings. The van der Waals surface area contributed by atoms with Gasteiger partial charge in [-0.1, -0.05) is 21.9 Å². The first-order chi connectivity index (χ1) is 18.7. The second-order valence-corrected chi connectivity index (χ2v) is 11.3. The van der Waals surface area contributed by atoms with Gasteiger partial charge in [-0.3, -0.25) is 19.2 Å². The molecule has 5 rings (SSSR count). The van der Waals surface area contributed by atoms with E-state index in [4.69, 9.17) is 14.5 Å². The summed E-state index contributed by atoms with van der Waals surface area (Å²) in [6.45, 7) is 3.75. The molecule has 0 radical (unpaired) electrons. The van der Waals surface area contributed by atoms with Gasteiger partial charge in [-0.2, -0.15) is 0 Å². The summed E-state index contributed by atoms with van der Waals surface area (Å²) in [5.41, 5.74) is 3.10. The number of hydrogen-bond donors (Lipinski definition) is 1. The quantitative estimate of drug-likeness (QED) is 0.355. The first kappa shape index (κ1) is 27.2. The minimum Gasteiger partial charge on any atom is -0.481 e. The molecule has 2 aromatic heterocycles. The zero-order valence-corrected chi connectivity index (χ0v) is 24.0. The Morgan fingerprint density at radius 2 is 2.05 bits per heavy atom. The molecule has 2 atom stereocenters. The number of carboxylic acid groups (broad SMARTS) is 1. The summed E-state index contributed by atoms with van der Waals surface area (Å²) in [7, 11) is 3.31. The Kier molecular flexibility index (Phi) is 7.40. The molecular weight excluding hydrogens is 564 g/mol. The second kappa shape index (κ2) is 10.6. The molecule has 0 aliphatic heterocycles. The molecular formula is C29H31BrN4O5. The number of benzene rings is 1. The Morgan fingerprint density at radius 3 is 2.72 bits per heavy atom. The fraction of sp³-hybridized carbons (Fsp3) is 0.448. The largest absolute Gasteiger partial charge is 0.481 e. The number of hydrogen-bond acceptors (Lipinski definition) is 6. The molecule has 0 bridgehead atoms. The Labute approximate surface area is 235 Å². The van der Waals surface area contributed by atoms with Crippen molar-refractivity contribution in [3.8, 4) is 17.7 Å². The molecule has 1 N–H and O–H groups in total. The van der Waals surface area contributed by atoms with E-state index in [1.54, 1.807) is 29.6 Å². The van der Waals surface area contributed by atoms with Gasteiger partial charge in [-0.05, 0) is 86.8 Å². The van der Waals surface area contributed by atoms with Crippen molar-refractivity contribution in [1.29, 1.82) is 0 Å². The third-order valence-electron chi connectivity index (χ3n) is 7.60. The predicted molar refractivity (Wildman–Crippen MR) is 150 cm³/mol. The number of ether oxygens (including phenoxy) is 2. The highest BCUT2D eigenvalue weighted by Gasteiger charge is 2.47. The summed E-state index contributed by atoms with van der Waals surface area (Å²) in [4.78, 5) is 31.9.